The third-order valence-corrected chi connectivity index (χ3v) is 7.60. The van der Waals surface area contributed by atoms with Gasteiger partial charge in [-0.05, 0) is 68.5 Å². The number of fused-ring (bicyclic) bond motifs is 1. The van der Waals surface area contributed by atoms with Crippen LogP contribution < -0.4 is 14.8 Å². The minimum absolute atomic E-state index is 0.0270. The quantitative estimate of drug-likeness (QED) is 0.309. The Morgan fingerprint density at radius 3 is 2.76 bits per heavy atom. The number of benzene rings is 2. The number of esters is 1. The number of aromatic nitrogens is 2. The molecule has 0 amide bonds. The second-order valence-corrected chi connectivity index (χ2v) is 10.1. The van der Waals surface area contributed by atoms with Gasteiger partial charge in [-0.1, -0.05) is 11.6 Å². The second kappa shape index (κ2) is 11.1. The average molecular weight is 529 g/mol. The van der Waals surface area contributed by atoms with Gasteiger partial charge in [0.15, 0.2) is 11.5 Å². The number of cyclic esters (lactones) is 1. The summed E-state index contributed by atoms with van der Waals surface area (Å²) >= 11 is 5.93. The zero-order chi connectivity index (χ0) is 25.8. The molecule has 1 aromatic heterocycles. The molecule has 1 N–H and O–H groups in total. The molecule has 0 aliphatic carbocycles. The second-order valence-electron chi connectivity index (χ2n) is 9.69. The van der Waals surface area contributed by atoms with Crippen molar-refractivity contribution in [2.75, 3.05) is 45.3 Å². The van der Waals surface area contributed by atoms with Crippen molar-refractivity contribution in [1.29, 1.82) is 0 Å². The molecule has 2 aromatic carbocycles. The summed E-state index contributed by atoms with van der Waals surface area (Å²) in [5.74, 6) is 1.20. The fraction of sp³-hybridized carbons (Fsp3) is 0.444. The van der Waals surface area contributed by atoms with Crippen LogP contribution >= 0.6 is 11.6 Å². The Morgan fingerprint density at radius 2 is 2.00 bits per heavy atom. The van der Waals surface area contributed by atoms with Crippen LogP contribution in [-0.4, -0.2) is 60.8 Å². The van der Waals surface area contributed by atoms with Gasteiger partial charge in [0.05, 0.1) is 37.3 Å². The van der Waals surface area contributed by atoms with Gasteiger partial charge in [-0.15, -0.1) is 0 Å². The molecule has 2 aliphatic rings. The predicted octanol–water partition coefficient (Wildman–Crippen LogP) is 5.36. The van der Waals surface area contributed by atoms with Crippen molar-refractivity contribution < 1.29 is 23.4 Å². The maximum absolute atomic E-state index is 13.6. The summed E-state index contributed by atoms with van der Waals surface area (Å²) in [5, 5.41) is 3.95. The number of carbonyl (C=O) groups excluding carboxylic acids is 1. The summed E-state index contributed by atoms with van der Waals surface area (Å²) in [6, 6.07) is 8.08. The minimum Gasteiger partial charge on any atom is -0.493 e. The van der Waals surface area contributed by atoms with E-state index in [0.29, 0.717) is 48.2 Å². The van der Waals surface area contributed by atoms with E-state index in [2.05, 4.69) is 20.2 Å². The van der Waals surface area contributed by atoms with Gasteiger partial charge >= 0.3 is 5.97 Å². The van der Waals surface area contributed by atoms with E-state index in [1.165, 1.54) is 18.5 Å². The number of likely N-dealkylation sites (tertiary alicyclic amines) is 1. The highest BCUT2D eigenvalue weighted by atomic mass is 35.5. The highest BCUT2D eigenvalue weighted by Gasteiger charge is 2.39. The molecule has 3 aromatic rings. The number of anilines is 2. The van der Waals surface area contributed by atoms with Crippen LogP contribution in [0.4, 0.5) is 15.9 Å². The number of nitrogens with zero attached hydrogens (tertiary/aromatic N) is 3. The number of rotatable bonds is 8. The summed E-state index contributed by atoms with van der Waals surface area (Å²) < 4.78 is 30.4. The number of hydrogen-bond acceptors (Lipinski definition) is 8. The van der Waals surface area contributed by atoms with Gasteiger partial charge in [-0.25, -0.2) is 14.4 Å². The van der Waals surface area contributed by atoms with E-state index in [4.69, 9.17) is 25.8 Å². The van der Waals surface area contributed by atoms with Gasteiger partial charge in [0.25, 0.3) is 0 Å². The number of carbonyl (C=O) groups is 1. The van der Waals surface area contributed by atoms with Crippen molar-refractivity contribution in [3.8, 4) is 11.5 Å². The Hall–Kier alpha value is -3.17. The smallest absolute Gasteiger partial charge is 0.306 e. The monoisotopic (exact) mass is 528 g/mol. The molecule has 2 fully saturated rings. The lowest BCUT2D eigenvalue weighted by atomic mass is 9.72. The Kier molecular flexibility index (Phi) is 7.62. The Morgan fingerprint density at radius 1 is 1.16 bits per heavy atom. The third-order valence-electron chi connectivity index (χ3n) is 7.31. The van der Waals surface area contributed by atoms with Gasteiger partial charge < -0.3 is 24.4 Å². The van der Waals surface area contributed by atoms with Crippen LogP contribution in [0.25, 0.3) is 10.9 Å². The van der Waals surface area contributed by atoms with Crippen molar-refractivity contribution in [3.05, 3.63) is 47.5 Å². The van der Waals surface area contributed by atoms with Gasteiger partial charge in [-0.2, -0.15) is 0 Å². The van der Waals surface area contributed by atoms with Crippen molar-refractivity contribution in [2.45, 2.75) is 32.1 Å². The number of piperidine rings is 1. The number of nitrogens with one attached hydrogen (secondary N) is 1. The molecule has 2 saturated heterocycles. The number of hydrogen-bond donors (Lipinski definition) is 1. The first kappa shape index (κ1) is 25.5. The van der Waals surface area contributed by atoms with E-state index < -0.39 is 5.82 Å². The normalized spacial score (nSPS) is 17.5. The molecule has 0 atom stereocenters. The fourth-order valence-electron chi connectivity index (χ4n) is 5.12. The zero-order valence-electron chi connectivity index (χ0n) is 20.8. The Labute approximate surface area is 220 Å². The summed E-state index contributed by atoms with van der Waals surface area (Å²) in [5.41, 5.74) is 1.43. The molecule has 3 heterocycles. The van der Waals surface area contributed by atoms with Crippen molar-refractivity contribution in [1.82, 2.24) is 14.9 Å². The van der Waals surface area contributed by atoms with Crippen LogP contribution in [0.3, 0.4) is 0 Å². The van der Waals surface area contributed by atoms with Gasteiger partial charge in [-0.3, -0.25) is 4.79 Å². The lowest BCUT2D eigenvalue weighted by Gasteiger charge is -2.43. The molecule has 5 rings (SSSR count). The maximum atomic E-state index is 13.6. The molecular weight excluding hydrogens is 499 g/mol. The molecule has 10 heteroatoms. The first-order valence-corrected chi connectivity index (χ1v) is 12.9. The van der Waals surface area contributed by atoms with Crippen LogP contribution in [0.15, 0.2) is 36.7 Å². The van der Waals surface area contributed by atoms with E-state index in [0.717, 1.165) is 50.7 Å². The van der Waals surface area contributed by atoms with Crippen LogP contribution in [0.1, 0.15) is 32.1 Å². The molecule has 37 heavy (non-hydrogen) atoms. The van der Waals surface area contributed by atoms with Crippen molar-refractivity contribution in [2.24, 2.45) is 5.41 Å². The lowest BCUT2D eigenvalue weighted by molar-refractivity contribution is -0.155. The highest BCUT2D eigenvalue weighted by molar-refractivity contribution is 6.31. The van der Waals surface area contributed by atoms with Crippen LogP contribution in [-0.2, 0) is 9.53 Å². The predicted molar refractivity (Wildman–Crippen MR) is 139 cm³/mol. The van der Waals surface area contributed by atoms with Gasteiger partial charge in [0.1, 0.15) is 18.0 Å². The van der Waals surface area contributed by atoms with Crippen molar-refractivity contribution in [3.63, 3.8) is 0 Å². The van der Waals surface area contributed by atoms with Crippen molar-refractivity contribution >= 4 is 40.0 Å². The van der Waals surface area contributed by atoms with E-state index in [1.54, 1.807) is 13.2 Å². The molecule has 0 bridgehead atoms. The maximum Gasteiger partial charge on any atom is 0.306 e. The van der Waals surface area contributed by atoms with Crippen LogP contribution in [0, 0.1) is 11.2 Å². The summed E-state index contributed by atoms with van der Waals surface area (Å²) in [6.07, 6.45) is 5.93. The average Bonchev–Trinajstić information content (AvgIpc) is 2.89. The van der Waals surface area contributed by atoms with Gasteiger partial charge in [0, 0.05) is 23.7 Å². The number of methoxy groups -OCH3 is 1. The third kappa shape index (κ3) is 5.88. The largest absolute Gasteiger partial charge is 0.493 e. The molecule has 1 spiro atoms. The standard InChI is InChI=1S/C27H30ClFN4O4/c1-35-23-15-22-19(26(31-17-30-22)32-18-3-4-21(29)20(28)13-18)14-24(23)36-11-2-8-33-9-5-27(6-10-33)7-12-37-25(34)16-27/h3-4,13-15,17H,2,5-12,16H2,1H3,(H,30,31,32). The summed E-state index contributed by atoms with van der Waals surface area (Å²) in [4.78, 5) is 22.9. The van der Waals surface area contributed by atoms with E-state index in [-0.39, 0.29) is 16.4 Å². The summed E-state index contributed by atoms with van der Waals surface area (Å²) in [6.45, 7) is 4.00. The minimum atomic E-state index is -0.483. The highest BCUT2D eigenvalue weighted by Crippen LogP contribution is 2.41. The summed E-state index contributed by atoms with van der Waals surface area (Å²) in [7, 11) is 1.60. The molecule has 0 unspecified atom stereocenters. The molecule has 8 nitrogen and oxygen atoms in total. The van der Waals surface area contributed by atoms with Gasteiger partial charge in [0.2, 0.25) is 0 Å². The first-order chi connectivity index (χ1) is 17.9. The Bertz CT molecular complexity index is 1280. The molecular formula is C27H30ClFN4O4. The topological polar surface area (TPSA) is 85.8 Å². The molecule has 196 valence electrons. The first-order valence-electron chi connectivity index (χ1n) is 12.5. The van der Waals surface area contributed by atoms with E-state index in [9.17, 15) is 9.18 Å². The lowest BCUT2D eigenvalue weighted by Crippen LogP contribution is -2.44. The molecule has 0 radical (unpaired) electrons. The zero-order valence-corrected chi connectivity index (χ0v) is 21.5. The van der Waals surface area contributed by atoms with E-state index >= 15 is 0 Å². The Balaban J connectivity index is 1.21. The number of halogens is 2. The molecule has 0 saturated carbocycles. The fourth-order valence-corrected chi connectivity index (χ4v) is 5.30. The van der Waals surface area contributed by atoms with Crippen LogP contribution in [0.2, 0.25) is 5.02 Å². The SMILES string of the molecule is COc1cc2ncnc(Nc3ccc(F)c(Cl)c3)c2cc1OCCCN1CCC2(CCOC(=O)C2)CC1. The number of ether oxygens (including phenoxy) is 3. The van der Waals surface area contributed by atoms with Crippen LogP contribution in [0.5, 0.6) is 11.5 Å². The van der Waals surface area contributed by atoms with E-state index in [1.807, 2.05) is 12.1 Å². The molecule has 2 aliphatic heterocycles.